The van der Waals surface area contributed by atoms with E-state index in [0.717, 1.165) is 0 Å². The van der Waals surface area contributed by atoms with Gasteiger partial charge in [0.1, 0.15) is 0 Å². The molecule has 0 spiro atoms. The van der Waals surface area contributed by atoms with Crippen LogP contribution in [0, 0.1) is 0 Å². The summed E-state index contributed by atoms with van der Waals surface area (Å²) in [5.41, 5.74) is 0. The van der Waals surface area contributed by atoms with Crippen LogP contribution < -0.4 is 0 Å². The average molecular weight is 172 g/mol. The van der Waals surface area contributed by atoms with Crippen molar-refractivity contribution in [1.29, 1.82) is 0 Å². The van der Waals surface area contributed by atoms with Crippen molar-refractivity contribution in [3.63, 3.8) is 0 Å². The Morgan fingerprint density at radius 3 is 2.56 bits per heavy atom. The van der Waals surface area contributed by atoms with Crippen LogP contribution in [0.4, 0.5) is 0 Å². The first-order chi connectivity index (χ1) is 4.06. The Morgan fingerprint density at radius 1 is 1.67 bits per heavy atom. The lowest BCUT2D eigenvalue weighted by molar-refractivity contribution is 0.208. The molecule has 0 aromatic heterocycles. The number of hydrogen-bond donors (Lipinski definition) is 2. The standard InChI is InChI=1S/C3H9O4PS/c1-9-3-2-7-8(4,5)6/h2-3H2,1H3,(H2,4,5,6). The Hall–Kier alpha value is 0.460. The highest BCUT2D eigenvalue weighted by Gasteiger charge is 2.11. The third-order valence-corrected chi connectivity index (χ3v) is 1.64. The number of phosphoric ester groups is 1. The van der Waals surface area contributed by atoms with Gasteiger partial charge in [0.2, 0.25) is 0 Å². The van der Waals surface area contributed by atoms with E-state index < -0.39 is 7.82 Å². The second-order valence-electron chi connectivity index (χ2n) is 1.32. The monoisotopic (exact) mass is 172 g/mol. The zero-order valence-electron chi connectivity index (χ0n) is 4.98. The maximum atomic E-state index is 9.97. The quantitative estimate of drug-likeness (QED) is 0.476. The van der Waals surface area contributed by atoms with Gasteiger partial charge in [-0.15, -0.1) is 0 Å². The minimum atomic E-state index is -4.21. The first kappa shape index (κ1) is 9.46. The van der Waals surface area contributed by atoms with Gasteiger partial charge in [0.05, 0.1) is 6.61 Å². The summed E-state index contributed by atoms with van der Waals surface area (Å²) in [6, 6.07) is 0. The van der Waals surface area contributed by atoms with E-state index in [4.69, 9.17) is 9.79 Å². The van der Waals surface area contributed by atoms with Gasteiger partial charge in [-0.3, -0.25) is 4.52 Å². The van der Waals surface area contributed by atoms with Crippen LogP contribution in [0.25, 0.3) is 0 Å². The Balaban J connectivity index is 3.18. The fraction of sp³-hybridized carbons (Fsp3) is 1.00. The van der Waals surface area contributed by atoms with E-state index in [1.54, 1.807) is 0 Å². The summed E-state index contributed by atoms with van der Waals surface area (Å²) in [5.74, 6) is 0.602. The van der Waals surface area contributed by atoms with Gasteiger partial charge in [-0.1, -0.05) is 0 Å². The van der Waals surface area contributed by atoms with Gasteiger partial charge in [-0.2, -0.15) is 11.8 Å². The molecule has 6 heteroatoms. The van der Waals surface area contributed by atoms with Crippen LogP contribution in [-0.4, -0.2) is 28.4 Å². The van der Waals surface area contributed by atoms with Crippen molar-refractivity contribution >= 4 is 19.6 Å². The van der Waals surface area contributed by atoms with Crippen molar-refractivity contribution in [1.82, 2.24) is 0 Å². The normalized spacial score (nSPS) is 11.9. The lowest BCUT2D eigenvalue weighted by Crippen LogP contribution is -1.93. The number of thioether (sulfide) groups is 1. The SMILES string of the molecule is CSCCOP(=O)(O)O. The molecule has 0 fully saturated rings. The second kappa shape index (κ2) is 4.30. The van der Waals surface area contributed by atoms with Crippen molar-refractivity contribution in [3.8, 4) is 0 Å². The summed E-state index contributed by atoms with van der Waals surface area (Å²) in [4.78, 5) is 16.2. The van der Waals surface area contributed by atoms with Gasteiger partial charge in [-0.25, -0.2) is 4.57 Å². The van der Waals surface area contributed by atoms with Gasteiger partial charge in [0.25, 0.3) is 0 Å². The van der Waals surface area contributed by atoms with E-state index in [-0.39, 0.29) is 6.61 Å². The molecular formula is C3H9O4PS. The van der Waals surface area contributed by atoms with Crippen LogP contribution in [0.15, 0.2) is 0 Å². The molecule has 0 saturated carbocycles. The van der Waals surface area contributed by atoms with Crippen molar-refractivity contribution in [2.75, 3.05) is 18.6 Å². The molecule has 0 aliphatic heterocycles. The van der Waals surface area contributed by atoms with Crippen LogP contribution in [0.2, 0.25) is 0 Å². The first-order valence-electron chi connectivity index (χ1n) is 2.25. The average Bonchev–Trinajstić information content (AvgIpc) is 1.63. The van der Waals surface area contributed by atoms with Crippen LogP contribution in [0.5, 0.6) is 0 Å². The molecule has 0 rings (SSSR count). The molecule has 0 heterocycles. The summed E-state index contributed by atoms with van der Waals surface area (Å²) < 4.78 is 14.1. The molecule has 56 valence electrons. The number of rotatable bonds is 4. The molecular weight excluding hydrogens is 163 g/mol. The topological polar surface area (TPSA) is 66.8 Å². The minimum Gasteiger partial charge on any atom is -0.303 e. The molecule has 2 N–H and O–H groups in total. The number of phosphoric acid groups is 1. The van der Waals surface area contributed by atoms with Gasteiger partial charge in [0, 0.05) is 5.75 Å². The van der Waals surface area contributed by atoms with Crippen molar-refractivity contribution in [2.24, 2.45) is 0 Å². The third-order valence-electron chi connectivity index (χ3n) is 0.547. The highest BCUT2D eigenvalue weighted by molar-refractivity contribution is 7.98. The first-order valence-corrected chi connectivity index (χ1v) is 5.17. The van der Waals surface area contributed by atoms with E-state index in [1.165, 1.54) is 11.8 Å². The maximum Gasteiger partial charge on any atom is 0.469 e. The van der Waals surface area contributed by atoms with Gasteiger partial charge in [0.15, 0.2) is 0 Å². The highest BCUT2D eigenvalue weighted by atomic mass is 32.2. The largest absolute Gasteiger partial charge is 0.469 e. The number of hydrogen-bond acceptors (Lipinski definition) is 3. The van der Waals surface area contributed by atoms with Crippen LogP contribution >= 0.6 is 19.6 Å². The molecule has 0 bridgehead atoms. The summed E-state index contributed by atoms with van der Waals surface area (Å²) in [7, 11) is -4.21. The van der Waals surface area contributed by atoms with E-state index >= 15 is 0 Å². The summed E-state index contributed by atoms with van der Waals surface area (Å²) in [6.45, 7) is 0.103. The van der Waals surface area contributed by atoms with Crippen molar-refractivity contribution < 1.29 is 18.9 Å². The third kappa shape index (κ3) is 8.46. The summed E-state index contributed by atoms with van der Waals surface area (Å²) in [5, 5.41) is 0. The van der Waals surface area contributed by atoms with E-state index in [1.807, 2.05) is 6.26 Å². The fourth-order valence-electron chi connectivity index (χ4n) is 0.240. The van der Waals surface area contributed by atoms with Gasteiger partial charge < -0.3 is 9.79 Å². The molecule has 9 heavy (non-hydrogen) atoms. The van der Waals surface area contributed by atoms with Crippen LogP contribution in [0.1, 0.15) is 0 Å². The Kier molecular flexibility index (Phi) is 4.52. The van der Waals surface area contributed by atoms with Crippen molar-refractivity contribution in [2.45, 2.75) is 0 Å². The molecule has 0 aromatic rings. The van der Waals surface area contributed by atoms with E-state index in [9.17, 15) is 4.57 Å². The minimum absolute atomic E-state index is 0.103. The van der Waals surface area contributed by atoms with Gasteiger partial charge >= 0.3 is 7.82 Å². The molecule has 0 aliphatic rings. The molecule has 4 nitrogen and oxygen atoms in total. The lowest BCUT2D eigenvalue weighted by atomic mass is 10.9. The van der Waals surface area contributed by atoms with E-state index in [0.29, 0.717) is 5.75 Å². The molecule has 0 radical (unpaired) electrons. The van der Waals surface area contributed by atoms with Crippen molar-refractivity contribution in [3.05, 3.63) is 0 Å². The molecule has 0 unspecified atom stereocenters. The predicted molar refractivity (Wildman–Crippen MR) is 36.4 cm³/mol. The van der Waals surface area contributed by atoms with Gasteiger partial charge in [-0.05, 0) is 6.26 Å². The second-order valence-corrected chi connectivity index (χ2v) is 3.54. The zero-order valence-corrected chi connectivity index (χ0v) is 6.69. The fourth-order valence-corrected chi connectivity index (χ4v) is 0.942. The summed E-state index contributed by atoms with van der Waals surface area (Å²) in [6.07, 6.45) is 1.84. The zero-order chi connectivity index (χ0) is 7.33. The Bertz CT molecular complexity index is 110. The lowest BCUT2D eigenvalue weighted by Gasteiger charge is -2.01. The maximum absolute atomic E-state index is 9.97. The van der Waals surface area contributed by atoms with E-state index in [2.05, 4.69) is 4.52 Å². The van der Waals surface area contributed by atoms with Crippen LogP contribution in [-0.2, 0) is 9.09 Å². The Labute approximate surface area is 57.8 Å². The molecule has 0 saturated heterocycles. The molecule has 0 aliphatic carbocycles. The predicted octanol–water partition coefficient (Wildman–Crippen LogP) is 0.459. The molecule has 0 aromatic carbocycles. The smallest absolute Gasteiger partial charge is 0.303 e. The Morgan fingerprint density at radius 2 is 2.22 bits per heavy atom. The highest BCUT2D eigenvalue weighted by Crippen LogP contribution is 2.35. The molecule has 0 amide bonds. The molecule has 0 atom stereocenters. The van der Waals surface area contributed by atoms with Crippen LogP contribution in [0.3, 0.4) is 0 Å². The summed E-state index contributed by atoms with van der Waals surface area (Å²) >= 11 is 1.47.